The third-order valence-electron chi connectivity index (χ3n) is 5.72. The number of nitrogen functional groups attached to an aromatic ring is 1. The van der Waals surface area contributed by atoms with Crippen molar-refractivity contribution in [2.24, 2.45) is 0 Å². The monoisotopic (exact) mass is 716 g/mol. The molecule has 6 N–H and O–H groups in total. The van der Waals surface area contributed by atoms with Crippen molar-refractivity contribution in [3.05, 3.63) is 56.6 Å². The largest absolute Gasteiger partial charge is 1.00 e. The number of aliphatic hydroxyl groups excluding tert-OH is 2. The molecule has 4 unspecified atom stereocenters. The second kappa shape index (κ2) is 15.5. The van der Waals surface area contributed by atoms with Gasteiger partial charge < -0.3 is 39.9 Å². The third kappa shape index (κ3) is 9.80. The molecule has 2 aromatic heterocycles. The first-order valence-corrected chi connectivity index (χ1v) is 16.0. The Morgan fingerprint density at radius 3 is 2.44 bits per heavy atom. The number of phosphoric ester groups is 2. The van der Waals surface area contributed by atoms with Crippen LogP contribution in [0.4, 0.5) is 11.6 Å². The van der Waals surface area contributed by atoms with Gasteiger partial charge >= 0.3 is 66.9 Å². The number of fused-ring (bicyclic) bond motifs is 1. The van der Waals surface area contributed by atoms with Crippen LogP contribution in [0.3, 0.4) is 0 Å². The number of aromatic nitrogens is 4. The summed E-state index contributed by atoms with van der Waals surface area (Å²) in [5.74, 6) is -0.311. The molecular formula is C18H21N6Na2O16P3. The van der Waals surface area contributed by atoms with Crippen molar-refractivity contribution in [1.82, 2.24) is 19.5 Å². The molecule has 45 heavy (non-hydrogen) atoms. The van der Waals surface area contributed by atoms with Crippen molar-refractivity contribution >= 4 is 46.3 Å². The van der Waals surface area contributed by atoms with Crippen molar-refractivity contribution < 1.29 is 125 Å². The van der Waals surface area contributed by atoms with E-state index < -0.39 is 76.9 Å². The van der Waals surface area contributed by atoms with E-state index in [0.29, 0.717) is 0 Å². The number of aliphatic hydroxyl groups is 2. The van der Waals surface area contributed by atoms with Gasteiger partial charge in [-0.15, -0.1) is 0 Å². The van der Waals surface area contributed by atoms with E-state index in [0.717, 1.165) is 30.0 Å². The minimum atomic E-state index is -6.23. The van der Waals surface area contributed by atoms with Crippen LogP contribution in [0.25, 0.3) is 11.2 Å². The van der Waals surface area contributed by atoms with Gasteiger partial charge in [0.05, 0.1) is 29.5 Å². The van der Waals surface area contributed by atoms with Gasteiger partial charge in [-0.3, -0.25) is 38.1 Å². The maximum Gasteiger partial charge on any atom is 1.00 e. The molecule has 8 atom stereocenters. The fourth-order valence-electron chi connectivity index (χ4n) is 3.95. The van der Waals surface area contributed by atoms with Gasteiger partial charge in [-0.05, 0) is 13.0 Å². The van der Waals surface area contributed by atoms with Crippen molar-refractivity contribution in [3.63, 3.8) is 0 Å². The Morgan fingerprint density at radius 2 is 1.80 bits per heavy atom. The number of hydrogen-bond acceptors (Lipinski definition) is 18. The number of imidazole rings is 1. The fourth-order valence-corrected chi connectivity index (χ4v) is 7.51. The van der Waals surface area contributed by atoms with Crippen LogP contribution in [0.2, 0.25) is 0 Å². The summed E-state index contributed by atoms with van der Waals surface area (Å²) in [4.78, 5) is 66.3. The molecule has 1 aliphatic heterocycles. The molecule has 1 aromatic carbocycles. The van der Waals surface area contributed by atoms with E-state index in [1.807, 2.05) is 0 Å². The number of rotatable bonds is 12. The fraction of sp³-hybridized carbons (Fsp3) is 0.389. The second-order valence-corrected chi connectivity index (χ2v) is 13.2. The van der Waals surface area contributed by atoms with Crippen LogP contribution >= 0.6 is 23.5 Å². The number of para-hydroxylation sites is 1. The van der Waals surface area contributed by atoms with E-state index in [1.165, 1.54) is 12.1 Å². The molecule has 0 radical (unpaired) electrons. The number of anilines is 1. The summed E-state index contributed by atoms with van der Waals surface area (Å²) in [6.07, 6.45) is -7.33. The van der Waals surface area contributed by atoms with E-state index in [4.69, 9.17) is 10.5 Å². The van der Waals surface area contributed by atoms with Crippen LogP contribution in [0.1, 0.15) is 24.8 Å². The molecule has 1 aliphatic rings. The zero-order valence-corrected chi connectivity index (χ0v) is 30.0. The minimum Gasteiger partial charge on any atom is -0.756 e. The van der Waals surface area contributed by atoms with Gasteiger partial charge in [0.15, 0.2) is 17.4 Å². The topological polar surface area (TPSA) is 337 Å². The maximum absolute atomic E-state index is 12.2. The van der Waals surface area contributed by atoms with Crippen molar-refractivity contribution in [2.75, 3.05) is 12.3 Å². The number of H-pyrrole nitrogens is 1. The van der Waals surface area contributed by atoms with E-state index >= 15 is 0 Å². The van der Waals surface area contributed by atoms with E-state index in [1.54, 1.807) is 0 Å². The number of aromatic amines is 1. The van der Waals surface area contributed by atoms with E-state index in [9.17, 15) is 53.5 Å². The number of nitrogens with zero attached hydrogens (tertiary/aromatic N) is 4. The van der Waals surface area contributed by atoms with Gasteiger partial charge in [0.2, 0.25) is 5.95 Å². The molecule has 0 saturated carbocycles. The minimum absolute atomic E-state index is 0. The Balaban J connectivity index is 0.00000353. The Bertz CT molecular complexity index is 1740. The van der Waals surface area contributed by atoms with Crippen molar-refractivity contribution in [1.29, 1.82) is 0 Å². The summed E-state index contributed by atoms with van der Waals surface area (Å²) in [6, 6.07) is 4.82. The number of nitro groups is 1. The maximum atomic E-state index is 12.2. The SMILES string of the molecule is CC(OP(=O)(O)OP(=O)([O-])OP(=O)([O-])OC[C@H]1O[C@@H](n2cnc3c(=O)[nH]c(N)nc32)[C@H](O)[C@@H]1O)c1ccccc1[N+](=O)[O-].[Na+].[Na+]. The van der Waals surface area contributed by atoms with Gasteiger partial charge in [-0.25, -0.2) is 18.2 Å². The van der Waals surface area contributed by atoms with Crippen LogP contribution < -0.4 is 80.2 Å². The number of phosphoric acid groups is 3. The first-order valence-electron chi connectivity index (χ1n) is 11.6. The van der Waals surface area contributed by atoms with Gasteiger partial charge in [-0.1, -0.05) is 12.1 Å². The Hall–Kier alpha value is -0.940. The molecule has 22 nitrogen and oxygen atoms in total. The molecule has 0 bridgehead atoms. The molecule has 27 heteroatoms. The smallest absolute Gasteiger partial charge is 0.756 e. The average molecular weight is 716 g/mol. The first kappa shape index (κ1) is 40.2. The predicted molar refractivity (Wildman–Crippen MR) is 134 cm³/mol. The summed E-state index contributed by atoms with van der Waals surface area (Å²) in [7, 11) is -17.8. The van der Waals surface area contributed by atoms with Crippen molar-refractivity contribution in [2.45, 2.75) is 37.6 Å². The molecule has 3 heterocycles. The van der Waals surface area contributed by atoms with Gasteiger partial charge in [0.1, 0.15) is 18.3 Å². The number of ether oxygens (including phenoxy) is 1. The first-order chi connectivity index (χ1) is 19.9. The van der Waals surface area contributed by atoms with Crippen LogP contribution in [0, 0.1) is 10.1 Å². The molecule has 4 rings (SSSR count). The quantitative estimate of drug-likeness (QED) is 0.0503. The second-order valence-electron chi connectivity index (χ2n) is 8.71. The van der Waals surface area contributed by atoms with Crippen molar-refractivity contribution in [3.8, 4) is 0 Å². The third-order valence-corrected chi connectivity index (χ3v) is 10.00. The molecule has 236 valence electrons. The number of nitrogens with two attached hydrogens (primary N) is 1. The van der Waals surface area contributed by atoms with Crippen LogP contribution in [0.15, 0.2) is 35.4 Å². The zero-order chi connectivity index (χ0) is 31.9. The molecule has 3 aromatic rings. The normalized spacial score (nSPS) is 24.4. The van der Waals surface area contributed by atoms with Gasteiger partial charge in [0.25, 0.3) is 26.9 Å². The summed E-state index contributed by atoms with van der Waals surface area (Å²) >= 11 is 0. The van der Waals surface area contributed by atoms with Crippen LogP contribution in [0.5, 0.6) is 0 Å². The molecule has 1 fully saturated rings. The Labute approximate surface area is 295 Å². The molecule has 1 saturated heterocycles. The number of nitro benzene ring substituents is 1. The molecule has 0 amide bonds. The molecular weight excluding hydrogens is 695 g/mol. The summed E-state index contributed by atoms with van der Waals surface area (Å²) in [5, 5.41) is 31.9. The number of hydrogen-bond donors (Lipinski definition) is 5. The predicted octanol–water partition coefficient (Wildman–Crippen LogP) is -6.90. The average Bonchev–Trinajstić information content (AvgIpc) is 3.41. The Morgan fingerprint density at radius 1 is 1.16 bits per heavy atom. The zero-order valence-electron chi connectivity index (χ0n) is 23.3. The standard InChI is InChI=1S/C18H23N6O16P3.2Na/c1-8(9-4-2-3-5-10(9)24(28)29)38-42(32,33)40-43(34,35)39-41(30,31)36-6-11-13(25)14(26)17(37-11)23-7-20-12-15(23)21-18(19)22-16(12)27;;/h2-5,7-8,11,13-14,17,25-26H,6H2,1H3,(H,30,31)(H,32,33)(H,34,35)(H3,19,21,22,27);;/q;2*+1/p-2/t8?,11-,13-,14-,17-;;/m1../s1. The van der Waals surface area contributed by atoms with Gasteiger partial charge in [0, 0.05) is 6.07 Å². The molecule has 0 spiro atoms. The summed E-state index contributed by atoms with van der Waals surface area (Å²) in [5.41, 5.74) is 3.64. The summed E-state index contributed by atoms with van der Waals surface area (Å²) < 4.78 is 59.5. The summed E-state index contributed by atoms with van der Waals surface area (Å²) in [6.45, 7) is -0.0999. The molecule has 0 aliphatic carbocycles. The van der Waals surface area contributed by atoms with E-state index in [2.05, 4.69) is 32.6 Å². The number of benzene rings is 1. The van der Waals surface area contributed by atoms with Crippen LogP contribution in [-0.4, -0.2) is 64.5 Å². The van der Waals surface area contributed by atoms with Crippen LogP contribution in [-0.2, 0) is 36.1 Å². The van der Waals surface area contributed by atoms with Gasteiger partial charge in [-0.2, -0.15) is 4.98 Å². The van der Waals surface area contributed by atoms with E-state index in [-0.39, 0.29) is 81.8 Å². The Kier molecular flexibility index (Phi) is 13.9. The number of nitrogens with one attached hydrogen (secondary N) is 1.